The van der Waals surface area contributed by atoms with Gasteiger partial charge in [-0.3, -0.25) is 4.79 Å². The lowest BCUT2D eigenvalue weighted by molar-refractivity contribution is -0.225. The molecule has 0 heterocycles. The third-order valence-electron chi connectivity index (χ3n) is 2.41. The number of hydrogen-bond acceptors (Lipinski definition) is 3. The molecule has 0 aromatic rings. The average Bonchev–Trinajstić information content (AvgIpc) is 2.37. The van der Waals surface area contributed by atoms with Gasteiger partial charge in [0.2, 0.25) is 0 Å². The molecule has 0 aliphatic rings. The number of aliphatic carboxylic acids is 1. The molecule has 0 rings (SSSR count). The van der Waals surface area contributed by atoms with Crippen LogP contribution in [0.1, 0.15) is 40.5 Å². The van der Waals surface area contributed by atoms with Gasteiger partial charge >= 0.3 is 12.1 Å². The average molecular weight is 301 g/mol. The van der Waals surface area contributed by atoms with Gasteiger partial charge in [-0.25, -0.2) is 0 Å². The number of ether oxygens (including phenoxy) is 1. The monoisotopic (exact) mass is 301 g/mol. The van der Waals surface area contributed by atoms with E-state index < -0.39 is 31.3 Å². The van der Waals surface area contributed by atoms with Crippen molar-refractivity contribution in [3.05, 3.63) is 0 Å². The highest BCUT2D eigenvalue weighted by molar-refractivity contribution is 5.66. The number of carboxylic acids is 1. The summed E-state index contributed by atoms with van der Waals surface area (Å²) in [5.74, 6) is -1.17. The van der Waals surface area contributed by atoms with Crippen molar-refractivity contribution >= 4 is 5.97 Å². The van der Waals surface area contributed by atoms with Crippen LogP contribution in [0.4, 0.5) is 13.2 Å². The molecule has 4 nitrogen and oxygen atoms in total. The number of likely N-dealkylation sites (N-methyl/N-ethyl adjacent to an activating group) is 1. The Kier molecular flexibility index (Phi) is 12.8. The summed E-state index contributed by atoms with van der Waals surface area (Å²) < 4.78 is 42.7. The van der Waals surface area contributed by atoms with Crippen molar-refractivity contribution in [3.8, 4) is 0 Å². The van der Waals surface area contributed by atoms with E-state index in [1.165, 1.54) is 0 Å². The van der Waals surface area contributed by atoms with E-state index in [-0.39, 0.29) is 6.54 Å². The van der Waals surface area contributed by atoms with Gasteiger partial charge in [0.25, 0.3) is 0 Å². The Hall–Kier alpha value is -0.820. The van der Waals surface area contributed by atoms with Crippen LogP contribution in [-0.4, -0.2) is 54.5 Å². The van der Waals surface area contributed by atoms with Gasteiger partial charge in [0.15, 0.2) is 6.10 Å². The van der Waals surface area contributed by atoms with Crippen molar-refractivity contribution < 1.29 is 27.8 Å². The molecule has 7 heteroatoms. The summed E-state index contributed by atoms with van der Waals surface area (Å²) in [4.78, 5) is 11.9. The molecule has 1 N–H and O–H groups in total. The molecule has 20 heavy (non-hydrogen) atoms. The molecule has 0 fully saturated rings. The van der Waals surface area contributed by atoms with E-state index in [0.29, 0.717) is 13.1 Å². The molecule has 0 saturated carbocycles. The molecule has 0 aromatic carbocycles. The maximum atomic E-state index is 12.7. The summed E-state index contributed by atoms with van der Waals surface area (Å²) in [7, 11) is 0. The highest BCUT2D eigenvalue weighted by Crippen LogP contribution is 2.24. The Morgan fingerprint density at radius 1 is 1.30 bits per heavy atom. The van der Waals surface area contributed by atoms with Gasteiger partial charge in [-0.15, -0.1) is 0 Å². The summed E-state index contributed by atoms with van der Waals surface area (Å²) in [6, 6.07) is 0. The molecule has 0 spiro atoms. The van der Waals surface area contributed by atoms with Crippen LogP contribution in [0.2, 0.25) is 0 Å². The van der Waals surface area contributed by atoms with Crippen LogP contribution in [-0.2, 0) is 9.53 Å². The van der Waals surface area contributed by atoms with E-state index >= 15 is 0 Å². The van der Waals surface area contributed by atoms with Crippen molar-refractivity contribution in [3.63, 3.8) is 0 Å². The number of alkyl halides is 3. The predicted octanol–water partition coefficient (Wildman–Crippen LogP) is 3.17. The lowest BCUT2D eigenvalue weighted by atomic mass is 10.3. The first kappa shape index (κ1) is 21.5. The maximum absolute atomic E-state index is 12.7. The fourth-order valence-electron chi connectivity index (χ4n) is 1.47. The molecule has 0 amide bonds. The number of carbonyl (C=O) groups is 1. The molecule has 0 radical (unpaired) electrons. The molecular formula is C13H26F3NO3. The SMILES string of the molecule is CC.CCCN(CC)CC(OCCC(=O)O)C(F)(F)F. The second-order valence-electron chi connectivity index (χ2n) is 3.94. The molecule has 1 unspecified atom stereocenters. The van der Waals surface area contributed by atoms with Crippen molar-refractivity contribution in [1.29, 1.82) is 0 Å². The summed E-state index contributed by atoms with van der Waals surface area (Å²) in [6.07, 6.45) is -6.07. The fraction of sp³-hybridized carbons (Fsp3) is 0.923. The van der Waals surface area contributed by atoms with E-state index in [9.17, 15) is 18.0 Å². The zero-order valence-corrected chi connectivity index (χ0v) is 12.7. The van der Waals surface area contributed by atoms with E-state index in [2.05, 4.69) is 4.74 Å². The molecule has 0 bridgehead atoms. The maximum Gasteiger partial charge on any atom is 0.415 e. The number of nitrogens with zero attached hydrogens (tertiary/aromatic N) is 1. The Morgan fingerprint density at radius 2 is 1.85 bits per heavy atom. The van der Waals surface area contributed by atoms with Gasteiger partial charge in [-0.05, 0) is 19.5 Å². The zero-order chi connectivity index (χ0) is 16.2. The predicted molar refractivity (Wildman–Crippen MR) is 71.8 cm³/mol. The zero-order valence-electron chi connectivity index (χ0n) is 12.7. The van der Waals surface area contributed by atoms with Gasteiger partial charge in [0.05, 0.1) is 13.0 Å². The molecule has 0 saturated heterocycles. The number of hydrogen-bond donors (Lipinski definition) is 1. The second-order valence-corrected chi connectivity index (χ2v) is 3.94. The summed E-state index contributed by atoms with van der Waals surface area (Å²) in [5, 5.41) is 8.37. The van der Waals surface area contributed by atoms with Crippen molar-refractivity contribution in [2.24, 2.45) is 0 Å². The Bertz CT molecular complexity index is 248. The summed E-state index contributed by atoms with van der Waals surface area (Å²) in [6.45, 7) is 8.04. The second kappa shape index (κ2) is 12.0. The van der Waals surface area contributed by atoms with E-state index in [1.807, 2.05) is 20.8 Å². The lowest BCUT2D eigenvalue weighted by Gasteiger charge is -2.27. The minimum absolute atomic E-state index is 0.256. The standard InChI is InChI=1S/C11H20F3NO3.C2H6/c1-3-6-15(4-2)8-9(11(12,13)14)18-7-5-10(16)17;1-2/h9H,3-8H2,1-2H3,(H,16,17);1-2H3. The summed E-state index contributed by atoms with van der Waals surface area (Å²) in [5.41, 5.74) is 0. The van der Waals surface area contributed by atoms with Crippen LogP contribution in [0.15, 0.2) is 0 Å². The number of rotatable bonds is 9. The number of halogens is 3. The Balaban J connectivity index is 0. The Morgan fingerprint density at radius 3 is 2.20 bits per heavy atom. The number of carboxylic acid groups (broad SMARTS) is 1. The Labute approximate surface area is 118 Å². The third-order valence-corrected chi connectivity index (χ3v) is 2.41. The van der Waals surface area contributed by atoms with Gasteiger partial charge in [-0.2, -0.15) is 13.2 Å². The van der Waals surface area contributed by atoms with Gasteiger partial charge in [0.1, 0.15) is 0 Å². The molecule has 122 valence electrons. The van der Waals surface area contributed by atoms with Gasteiger partial charge in [0, 0.05) is 6.54 Å². The topological polar surface area (TPSA) is 49.8 Å². The van der Waals surface area contributed by atoms with E-state index in [0.717, 1.165) is 6.42 Å². The van der Waals surface area contributed by atoms with Crippen LogP contribution in [0.5, 0.6) is 0 Å². The largest absolute Gasteiger partial charge is 0.481 e. The highest BCUT2D eigenvalue weighted by atomic mass is 19.4. The molecule has 0 aliphatic carbocycles. The van der Waals surface area contributed by atoms with Crippen LogP contribution >= 0.6 is 0 Å². The van der Waals surface area contributed by atoms with Crippen LogP contribution < -0.4 is 0 Å². The highest BCUT2D eigenvalue weighted by Gasteiger charge is 2.41. The first-order chi connectivity index (χ1) is 9.31. The van der Waals surface area contributed by atoms with E-state index in [1.54, 1.807) is 11.8 Å². The van der Waals surface area contributed by atoms with Gasteiger partial charge in [-0.1, -0.05) is 27.7 Å². The van der Waals surface area contributed by atoms with Crippen LogP contribution in [0, 0.1) is 0 Å². The van der Waals surface area contributed by atoms with Crippen molar-refractivity contribution in [1.82, 2.24) is 4.90 Å². The van der Waals surface area contributed by atoms with Crippen LogP contribution in [0.25, 0.3) is 0 Å². The molecule has 0 aromatic heterocycles. The quantitative estimate of drug-likeness (QED) is 0.710. The van der Waals surface area contributed by atoms with E-state index in [4.69, 9.17) is 5.11 Å². The van der Waals surface area contributed by atoms with Crippen molar-refractivity contribution in [2.45, 2.75) is 52.8 Å². The molecular weight excluding hydrogens is 275 g/mol. The molecule has 0 aliphatic heterocycles. The third kappa shape index (κ3) is 11.0. The minimum Gasteiger partial charge on any atom is -0.481 e. The lowest BCUT2D eigenvalue weighted by Crippen LogP contribution is -2.43. The molecule has 1 atom stereocenters. The fourth-order valence-corrected chi connectivity index (χ4v) is 1.47. The summed E-state index contributed by atoms with van der Waals surface area (Å²) >= 11 is 0. The van der Waals surface area contributed by atoms with Crippen molar-refractivity contribution in [2.75, 3.05) is 26.2 Å². The normalized spacial score (nSPS) is 12.8. The first-order valence-corrected chi connectivity index (χ1v) is 6.93. The van der Waals surface area contributed by atoms with Gasteiger partial charge < -0.3 is 14.7 Å². The smallest absolute Gasteiger partial charge is 0.415 e. The minimum atomic E-state index is -4.47. The first-order valence-electron chi connectivity index (χ1n) is 6.93. The van der Waals surface area contributed by atoms with Crippen LogP contribution in [0.3, 0.4) is 0 Å².